The van der Waals surface area contributed by atoms with Crippen LogP contribution in [0.1, 0.15) is 29.3 Å². The first-order chi connectivity index (χ1) is 11.0. The molecule has 0 radical (unpaired) electrons. The number of amides is 1. The third kappa shape index (κ3) is 2.69. The molecule has 7 nitrogen and oxygen atoms in total. The fraction of sp³-hybridized carbons (Fsp3) is 0.375. The van der Waals surface area contributed by atoms with Gasteiger partial charge >= 0.3 is 5.97 Å². The van der Waals surface area contributed by atoms with Gasteiger partial charge < -0.3 is 10.0 Å². The number of carboxylic acid groups (broad SMARTS) is 1. The van der Waals surface area contributed by atoms with Gasteiger partial charge in [0, 0.05) is 18.2 Å². The molecule has 2 atom stereocenters. The summed E-state index contributed by atoms with van der Waals surface area (Å²) in [4.78, 5) is 29.4. The summed E-state index contributed by atoms with van der Waals surface area (Å²) >= 11 is 0. The molecule has 7 heteroatoms. The van der Waals surface area contributed by atoms with E-state index in [0.29, 0.717) is 18.5 Å². The van der Waals surface area contributed by atoms with Crippen LogP contribution in [0.5, 0.6) is 0 Å². The third-order valence-corrected chi connectivity index (χ3v) is 4.44. The maximum absolute atomic E-state index is 12.7. The molecule has 1 aromatic heterocycles. The number of carboxylic acids is 1. The Morgan fingerprint density at radius 1 is 1.35 bits per heavy atom. The Bertz CT molecular complexity index is 742. The van der Waals surface area contributed by atoms with Crippen LogP contribution in [0.3, 0.4) is 0 Å². The van der Waals surface area contributed by atoms with Crippen LogP contribution in [0.15, 0.2) is 30.9 Å². The first-order valence-electron chi connectivity index (χ1n) is 7.48. The molecule has 23 heavy (non-hydrogen) atoms. The van der Waals surface area contributed by atoms with E-state index in [1.54, 1.807) is 35.0 Å². The van der Waals surface area contributed by atoms with Crippen LogP contribution in [0.4, 0.5) is 0 Å². The minimum Gasteiger partial charge on any atom is -0.481 e. The number of hydrogen-bond acceptors (Lipinski definition) is 4. The number of aliphatic carboxylic acids is 1. The zero-order valence-corrected chi connectivity index (χ0v) is 13.0. The number of carbonyl (C=O) groups excluding carboxylic acids is 1. The standard InChI is InChI=1S/C16H18N4O3/c1-10-7-12(3-4-14(10)20-9-17-8-18-20)15(21)19-6-5-13(11(19)2)16(22)23/h3-4,7-9,11,13H,5-6H2,1-2H3,(H,22,23). The Kier molecular flexibility index (Phi) is 3.85. The molecule has 120 valence electrons. The van der Waals surface area contributed by atoms with Crippen LogP contribution in [0.25, 0.3) is 5.69 Å². The van der Waals surface area contributed by atoms with Gasteiger partial charge in [0.05, 0.1) is 11.6 Å². The molecule has 0 saturated carbocycles. The average molecular weight is 314 g/mol. The van der Waals surface area contributed by atoms with Crippen molar-refractivity contribution in [1.29, 1.82) is 0 Å². The molecule has 0 bridgehead atoms. The second-order valence-corrected chi connectivity index (χ2v) is 5.81. The molecule has 0 aliphatic carbocycles. The Morgan fingerprint density at radius 3 is 2.70 bits per heavy atom. The summed E-state index contributed by atoms with van der Waals surface area (Å²) in [6.07, 6.45) is 3.55. The minimum absolute atomic E-state index is 0.130. The quantitative estimate of drug-likeness (QED) is 0.927. The van der Waals surface area contributed by atoms with Gasteiger partial charge in [0.1, 0.15) is 12.7 Å². The number of hydrogen-bond donors (Lipinski definition) is 1. The van der Waals surface area contributed by atoms with Crippen molar-refractivity contribution in [2.24, 2.45) is 5.92 Å². The average Bonchev–Trinajstić information content (AvgIpc) is 3.15. The van der Waals surface area contributed by atoms with Crippen LogP contribution in [0, 0.1) is 12.8 Å². The number of benzene rings is 1. The van der Waals surface area contributed by atoms with Crippen LogP contribution < -0.4 is 0 Å². The fourth-order valence-corrected chi connectivity index (χ4v) is 3.10. The molecular formula is C16H18N4O3. The van der Waals surface area contributed by atoms with E-state index in [1.165, 1.54) is 6.33 Å². The van der Waals surface area contributed by atoms with Crippen molar-refractivity contribution in [1.82, 2.24) is 19.7 Å². The van der Waals surface area contributed by atoms with Crippen LogP contribution in [-0.4, -0.2) is 49.2 Å². The van der Waals surface area contributed by atoms with Crippen molar-refractivity contribution in [3.63, 3.8) is 0 Å². The molecule has 1 fully saturated rings. The van der Waals surface area contributed by atoms with E-state index in [-0.39, 0.29) is 11.9 Å². The summed E-state index contributed by atoms with van der Waals surface area (Å²) in [6.45, 7) is 4.17. The smallest absolute Gasteiger partial charge is 0.308 e. The van der Waals surface area contributed by atoms with Crippen molar-refractivity contribution in [3.8, 4) is 5.69 Å². The lowest BCUT2D eigenvalue weighted by Crippen LogP contribution is -2.37. The summed E-state index contributed by atoms with van der Waals surface area (Å²) in [5, 5.41) is 13.3. The second-order valence-electron chi connectivity index (χ2n) is 5.81. The number of rotatable bonds is 3. The van der Waals surface area contributed by atoms with E-state index in [1.807, 2.05) is 13.0 Å². The monoisotopic (exact) mass is 314 g/mol. The maximum Gasteiger partial charge on any atom is 0.308 e. The summed E-state index contributed by atoms with van der Waals surface area (Å²) in [5.41, 5.74) is 2.32. The molecule has 2 unspecified atom stereocenters. The van der Waals surface area contributed by atoms with Crippen LogP contribution >= 0.6 is 0 Å². The summed E-state index contributed by atoms with van der Waals surface area (Å²) in [5.74, 6) is -1.46. The molecule has 2 aromatic rings. The van der Waals surface area contributed by atoms with Gasteiger partial charge in [0.25, 0.3) is 5.91 Å². The minimum atomic E-state index is -0.842. The Hall–Kier alpha value is -2.70. The van der Waals surface area contributed by atoms with Gasteiger partial charge in [-0.25, -0.2) is 9.67 Å². The van der Waals surface area contributed by atoms with Crippen molar-refractivity contribution in [3.05, 3.63) is 42.0 Å². The van der Waals surface area contributed by atoms with Gasteiger partial charge in [-0.3, -0.25) is 9.59 Å². The highest BCUT2D eigenvalue weighted by atomic mass is 16.4. The molecule has 1 aliphatic rings. The van der Waals surface area contributed by atoms with Gasteiger partial charge in [0.15, 0.2) is 0 Å². The lowest BCUT2D eigenvalue weighted by Gasteiger charge is -2.23. The Labute approximate surface area is 133 Å². The summed E-state index contributed by atoms with van der Waals surface area (Å²) in [6, 6.07) is 5.08. The SMILES string of the molecule is Cc1cc(C(=O)N2CCC(C(=O)O)C2C)ccc1-n1cncn1. The van der Waals surface area contributed by atoms with Crippen molar-refractivity contribution in [2.45, 2.75) is 26.3 Å². The molecule has 3 rings (SSSR count). The van der Waals surface area contributed by atoms with Gasteiger partial charge in [-0.1, -0.05) is 0 Å². The molecule has 1 N–H and O–H groups in total. The summed E-state index contributed by atoms with van der Waals surface area (Å²) in [7, 11) is 0. The number of likely N-dealkylation sites (tertiary alicyclic amines) is 1. The zero-order valence-electron chi connectivity index (χ0n) is 13.0. The van der Waals surface area contributed by atoms with E-state index in [9.17, 15) is 14.7 Å². The fourth-order valence-electron chi connectivity index (χ4n) is 3.10. The van der Waals surface area contributed by atoms with E-state index >= 15 is 0 Å². The molecule has 1 saturated heterocycles. The third-order valence-electron chi connectivity index (χ3n) is 4.44. The van der Waals surface area contributed by atoms with Crippen molar-refractivity contribution >= 4 is 11.9 Å². The van der Waals surface area contributed by atoms with E-state index < -0.39 is 11.9 Å². The number of nitrogens with zero attached hydrogens (tertiary/aromatic N) is 4. The Morgan fingerprint density at radius 2 is 2.13 bits per heavy atom. The molecule has 0 spiro atoms. The van der Waals surface area contributed by atoms with Gasteiger partial charge in [0.2, 0.25) is 0 Å². The van der Waals surface area contributed by atoms with Gasteiger partial charge in [-0.2, -0.15) is 5.10 Å². The van der Waals surface area contributed by atoms with Crippen LogP contribution in [0.2, 0.25) is 0 Å². The largest absolute Gasteiger partial charge is 0.481 e. The van der Waals surface area contributed by atoms with Gasteiger partial charge in [-0.05, 0) is 44.0 Å². The van der Waals surface area contributed by atoms with Crippen molar-refractivity contribution < 1.29 is 14.7 Å². The first kappa shape index (κ1) is 15.2. The predicted octanol–water partition coefficient (Wildman–Crippen LogP) is 1.51. The second kappa shape index (κ2) is 5.83. The van der Waals surface area contributed by atoms with E-state index in [2.05, 4.69) is 10.1 Å². The maximum atomic E-state index is 12.7. The molecule has 1 aliphatic heterocycles. The Balaban J connectivity index is 1.84. The van der Waals surface area contributed by atoms with Crippen LogP contribution in [-0.2, 0) is 4.79 Å². The number of aryl methyl sites for hydroxylation is 1. The topological polar surface area (TPSA) is 88.3 Å². The molecule has 2 heterocycles. The highest BCUT2D eigenvalue weighted by Crippen LogP contribution is 2.26. The lowest BCUT2D eigenvalue weighted by molar-refractivity contribution is -0.142. The normalized spacial score (nSPS) is 20.7. The van der Waals surface area contributed by atoms with E-state index in [4.69, 9.17) is 0 Å². The zero-order chi connectivity index (χ0) is 16.6. The predicted molar refractivity (Wildman–Crippen MR) is 82.3 cm³/mol. The van der Waals surface area contributed by atoms with Gasteiger partial charge in [-0.15, -0.1) is 0 Å². The van der Waals surface area contributed by atoms with Crippen molar-refractivity contribution in [2.75, 3.05) is 6.54 Å². The summed E-state index contributed by atoms with van der Waals surface area (Å²) < 4.78 is 1.64. The number of carbonyl (C=O) groups is 2. The lowest BCUT2D eigenvalue weighted by atomic mass is 10.0. The molecular weight excluding hydrogens is 296 g/mol. The number of aromatic nitrogens is 3. The molecule has 1 amide bonds. The molecule has 1 aromatic carbocycles. The van der Waals surface area contributed by atoms with E-state index in [0.717, 1.165) is 11.3 Å². The highest BCUT2D eigenvalue weighted by molar-refractivity contribution is 5.95. The highest BCUT2D eigenvalue weighted by Gasteiger charge is 2.38. The first-order valence-corrected chi connectivity index (χ1v) is 7.48.